The van der Waals surface area contributed by atoms with E-state index in [4.69, 9.17) is 14.5 Å². The van der Waals surface area contributed by atoms with Crippen LogP contribution in [0.5, 0.6) is 11.5 Å². The van der Waals surface area contributed by atoms with E-state index in [-0.39, 0.29) is 30.3 Å². The zero-order valence-corrected chi connectivity index (χ0v) is 28.6. The molecule has 228 valence electrons. The molecule has 4 aromatic rings. The van der Waals surface area contributed by atoms with Crippen LogP contribution < -0.4 is 9.47 Å². The first-order chi connectivity index (χ1) is 21.6. The summed E-state index contributed by atoms with van der Waals surface area (Å²) in [6, 6.07) is 23.7. The number of carboxylic acid groups (broad SMARTS) is 1. The molecule has 1 N–H and O–H groups in total. The molecule has 1 heterocycles. The summed E-state index contributed by atoms with van der Waals surface area (Å²) in [5.41, 5.74) is 3.03. The van der Waals surface area contributed by atoms with Gasteiger partial charge in [0.1, 0.15) is 18.1 Å². The minimum atomic E-state index is -1.02. The van der Waals surface area contributed by atoms with Crippen LogP contribution in [0.3, 0.4) is 0 Å². The molecule has 0 aliphatic carbocycles. The van der Waals surface area contributed by atoms with Gasteiger partial charge in [-0.1, -0.05) is 24.3 Å². The molecule has 1 fully saturated rings. The number of aliphatic imine (C=N–C) groups is 1. The van der Waals surface area contributed by atoms with Crippen molar-refractivity contribution in [2.24, 2.45) is 4.99 Å². The number of rotatable bonds is 10. The third-order valence-corrected chi connectivity index (χ3v) is 9.16. The van der Waals surface area contributed by atoms with Gasteiger partial charge in [0.25, 0.3) is 11.6 Å². The van der Waals surface area contributed by atoms with Crippen molar-refractivity contribution in [1.29, 1.82) is 0 Å². The maximum Gasteiger partial charge on any atom is 0.335 e. The standard InChI is InChI=1S/C32H23I2N3O7S/c1-43-25-11-9-23(10-12-25)35-32-36(17-19-5-7-22(8-6-19)31(39)40)30(38)28(45-32)16-21-14-26(33)29(27(34)15-21)44-18-20-3-2-4-24(13-20)37(41)42/h2-16H,17-18H2,1H3,(H,39,40)/b28-16-,35-32?. The van der Waals surface area contributed by atoms with Crippen LogP contribution >= 0.6 is 56.9 Å². The predicted molar refractivity (Wildman–Crippen MR) is 189 cm³/mol. The van der Waals surface area contributed by atoms with Gasteiger partial charge in [-0.3, -0.25) is 19.8 Å². The highest BCUT2D eigenvalue weighted by Gasteiger charge is 2.33. The molecule has 0 bridgehead atoms. The van der Waals surface area contributed by atoms with Crippen LogP contribution in [0.1, 0.15) is 27.0 Å². The number of methoxy groups -OCH3 is 1. The molecule has 0 unspecified atom stereocenters. The lowest BCUT2D eigenvalue weighted by Gasteiger charge is -2.16. The van der Waals surface area contributed by atoms with Crippen molar-refractivity contribution in [2.75, 3.05) is 7.11 Å². The van der Waals surface area contributed by atoms with E-state index in [9.17, 15) is 24.8 Å². The van der Waals surface area contributed by atoms with Gasteiger partial charge in [-0.05, 0) is 128 Å². The number of ether oxygens (including phenoxy) is 2. The molecule has 0 atom stereocenters. The zero-order valence-electron chi connectivity index (χ0n) is 23.5. The van der Waals surface area contributed by atoms with E-state index < -0.39 is 10.9 Å². The summed E-state index contributed by atoms with van der Waals surface area (Å²) < 4.78 is 12.9. The van der Waals surface area contributed by atoms with Crippen LogP contribution in [0.4, 0.5) is 11.4 Å². The molecule has 45 heavy (non-hydrogen) atoms. The Morgan fingerprint density at radius 2 is 1.71 bits per heavy atom. The van der Waals surface area contributed by atoms with Gasteiger partial charge in [-0.25, -0.2) is 9.79 Å². The molecular weight excluding hydrogens is 824 g/mol. The normalized spacial score (nSPS) is 14.6. The minimum absolute atomic E-state index is 0.00224. The number of benzene rings is 4. The molecule has 1 aliphatic heterocycles. The fourth-order valence-corrected chi connectivity index (χ4v) is 7.43. The molecule has 13 heteroatoms. The molecule has 0 saturated carbocycles. The topological polar surface area (TPSA) is 132 Å². The monoisotopic (exact) mass is 847 g/mol. The second kappa shape index (κ2) is 14.4. The average molecular weight is 847 g/mol. The van der Waals surface area contributed by atoms with Gasteiger partial charge in [-0.2, -0.15) is 0 Å². The van der Waals surface area contributed by atoms with E-state index in [2.05, 4.69) is 45.2 Å². The van der Waals surface area contributed by atoms with E-state index in [0.717, 1.165) is 18.3 Å². The Morgan fingerprint density at radius 1 is 1.02 bits per heavy atom. The first-order valence-electron chi connectivity index (χ1n) is 13.2. The highest BCUT2D eigenvalue weighted by molar-refractivity contribution is 14.1. The number of hydrogen-bond donors (Lipinski definition) is 1. The van der Waals surface area contributed by atoms with Gasteiger partial charge >= 0.3 is 5.97 Å². The summed E-state index contributed by atoms with van der Waals surface area (Å²) in [7, 11) is 1.58. The van der Waals surface area contributed by atoms with Crippen LogP contribution in [-0.4, -0.2) is 39.1 Å². The van der Waals surface area contributed by atoms with Crippen LogP contribution in [0.2, 0.25) is 0 Å². The number of nitro groups is 1. The number of aromatic carboxylic acids is 1. The van der Waals surface area contributed by atoms with E-state index >= 15 is 0 Å². The van der Waals surface area contributed by atoms with Gasteiger partial charge < -0.3 is 14.6 Å². The number of amidine groups is 1. The number of carbonyl (C=O) groups excluding carboxylic acids is 1. The summed E-state index contributed by atoms with van der Waals surface area (Å²) in [5.74, 6) is 0.0758. The number of amides is 1. The highest BCUT2D eigenvalue weighted by Crippen LogP contribution is 2.37. The van der Waals surface area contributed by atoms with Gasteiger partial charge in [0, 0.05) is 12.1 Å². The lowest BCUT2D eigenvalue weighted by Crippen LogP contribution is -2.28. The molecule has 1 amide bonds. The number of thioether (sulfide) groups is 1. The number of hydrogen-bond acceptors (Lipinski definition) is 8. The maximum absolute atomic E-state index is 13.7. The summed E-state index contributed by atoms with van der Waals surface area (Å²) in [6.07, 6.45) is 1.80. The Labute approximate surface area is 289 Å². The third kappa shape index (κ3) is 8.01. The number of nitrogens with zero attached hydrogens (tertiary/aromatic N) is 3. The second-order valence-electron chi connectivity index (χ2n) is 9.63. The number of halogens is 2. The Kier molecular flexibility index (Phi) is 10.4. The predicted octanol–water partition coefficient (Wildman–Crippen LogP) is 7.89. The van der Waals surface area contributed by atoms with Crippen molar-refractivity contribution in [1.82, 2.24) is 4.90 Å². The van der Waals surface area contributed by atoms with Crippen LogP contribution in [-0.2, 0) is 17.9 Å². The van der Waals surface area contributed by atoms with Crippen molar-refractivity contribution in [3.63, 3.8) is 0 Å². The lowest BCUT2D eigenvalue weighted by molar-refractivity contribution is -0.384. The average Bonchev–Trinajstić information content (AvgIpc) is 3.30. The summed E-state index contributed by atoms with van der Waals surface area (Å²) >= 11 is 5.59. The maximum atomic E-state index is 13.7. The van der Waals surface area contributed by atoms with Crippen molar-refractivity contribution >= 4 is 91.4 Å². The number of non-ortho nitro benzene ring substituents is 1. The molecule has 10 nitrogen and oxygen atoms in total. The fraction of sp³-hybridized carbons (Fsp3) is 0.0938. The van der Waals surface area contributed by atoms with Crippen LogP contribution in [0.25, 0.3) is 6.08 Å². The summed E-state index contributed by atoms with van der Waals surface area (Å²) in [5, 5.41) is 20.9. The van der Waals surface area contributed by atoms with Gasteiger partial charge in [0.05, 0.1) is 41.9 Å². The van der Waals surface area contributed by atoms with Crippen LogP contribution in [0.15, 0.2) is 94.8 Å². The molecular formula is C32H23I2N3O7S. The molecule has 0 spiro atoms. The highest BCUT2D eigenvalue weighted by atomic mass is 127. The second-order valence-corrected chi connectivity index (χ2v) is 13.0. The lowest BCUT2D eigenvalue weighted by atomic mass is 10.1. The number of carboxylic acids is 1. The third-order valence-electron chi connectivity index (χ3n) is 6.55. The summed E-state index contributed by atoms with van der Waals surface area (Å²) in [6.45, 7) is 0.369. The van der Waals surface area contributed by atoms with Gasteiger partial charge in [0.2, 0.25) is 0 Å². The SMILES string of the molecule is COc1ccc(N=C2S/C(=C\c3cc(I)c(OCc4cccc([N+](=O)[O-])c4)c(I)c3)C(=O)N2Cc2ccc(C(=O)O)cc2)cc1. The van der Waals surface area contributed by atoms with Gasteiger partial charge in [0.15, 0.2) is 5.17 Å². The number of carbonyl (C=O) groups is 2. The minimum Gasteiger partial charge on any atom is -0.497 e. The smallest absolute Gasteiger partial charge is 0.335 e. The van der Waals surface area contributed by atoms with E-state index in [1.807, 2.05) is 12.1 Å². The molecule has 0 aromatic heterocycles. The Balaban J connectivity index is 1.41. The Hall–Kier alpha value is -3.96. The number of nitro benzene ring substituents is 1. The molecule has 1 aliphatic rings. The molecule has 0 radical (unpaired) electrons. The largest absolute Gasteiger partial charge is 0.497 e. The van der Waals surface area contributed by atoms with E-state index in [1.54, 1.807) is 66.6 Å². The fourth-order valence-electron chi connectivity index (χ4n) is 4.30. The molecule has 5 rings (SSSR count). The van der Waals surface area contributed by atoms with Gasteiger partial charge in [-0.15, -0.1) is 0 Å². The Morgan fingerprint density at radius 3 is 2.33 bits per heavy atom. The Bertz CT molecular complexity index is 1820. The van der Waals surface area contributed by atoms with Crippen molar-refractivity contribution in [3.05, 3.63) is 129 Å². The van der Waals surface area contributed by atoms with E-state index in [0.29, 0.717) is 32.8 Å². The van der Waals surface area contributed by atoms with Crippen molar-refractivity contribution < 1.29 is 29.1 Å². The first-order valence-corrected chi connectivity index (χ1v) is 16.2. The van der Waals surface area contributed by atoms with Crippen molar-refractivity contribution in [2.45, 2.75) is 13.2 Å². The van der Waals surface area contributed by atoms with Crippen LogP contribution in [0, 0.1) is 17.3 Å². The van der Waals surface area contributed by atoms with E-state index in [1.165, 1.54) is 36.0 Å². The summed E-state index contributed by atoms with van der Waals surface area (Å²) in [4.78, 5) is 42.5. The first kappa shape index (κ1) is 32.4. The quantitative estimate of drug-likeness (QED) is 0.0738. The molecule has 4 aromatic carbocycles. The van der Waals surface area contributed by atoms with Crippen molar-refractivity contribution in [3.8, 4) is 11.5 Å². The molecule has 1 saturated heterocycles. The zero-order chi connectivity index (χ0) is 32.1.